The third kappa shape index (κ3) is 5.06. The Morgan fingerprint density at radius 1 is 0.917 bits per heavy atom. The van der Waals surface area contributed by atoms with E-state index in [0.717, 1.165) is 22.3 Å². The maximum atomic E-state index is 13.2. The average Bonchev–Trinajstić information content (AvgIpc) is 3.29. The molecule has 36 heavy (non-hydrogen) atoms. The zero-order valence-electron chi connectivity index (χ0n) is 19.2. The number of amides is 1. The van der Waals surface area contributed by atoms with Crippen LogP contribution in [0.5, 0.6) is 0 Å². The number of aryl methyl sites for hydroxylation is 1. The molecule has 0 aliphatic heterocycles. The molecular formula is C28H20ClN5O2. The summed E-state index contributed by atoms with van der Waals surface area (Å²) >= 11 is 5.97. The highest BCUT2D eigenvalue weighted by atomic mass is 35.5. The van der Waals surface area contributed by atoms with Gasteiger partial charge in [0.1, 0.15) is 5.15 Å². The van der Waals surface area contributed by atoms with Gasteiger partial charge in [-0.2, -0.15) is 5.10 Å². The molecule has 0 atom stereocenters. The minimum Gasteiger partial charge on any atom is -0.322 e. The van der Waals surface area contributed by atoms with Crippen molar-refractivity contribution in [2.24, 2.45) is 0 Å². The number of nitrogens with zero attached hydrogens (tertiary/aromatic N) is 3. The fourth-order valence-electron chi connectivity index (χ4n) is 3.82. The number of hydrogen-bond acceptors (Lipinski definition) is 5. The van der Waals surface area contributed by atoms with E-state index in [1.54, 1.807) is 55.6 Å². The molecule has 0 radical (unpaired) electrons. The number of hydrogen-bond donors (Lipinski definition) is 2. The van der Waals surface area contributed by atoms with Crippen molar-refractivity contribution in [3.63, 3.8) is 0 Å². The molecule has 0 bridgehead atoms. The first-order valence-corrected chi connectivity index (χ1v) is 11.5. The number of ketones is 1. The minimum atomic E-state index is -0.336. The zero-order valence-corrected chi connectivity index (χ0v) is 20.0. The van der Waals surface area contributed by atoms with Gasteiger partial charge in [-0.05, 0) is 67.6 Å². The molecule has 7 nitrogen and oxygen atoms in total. The van der Waals surface area contributed by atoms with Gasteiger partial charge in [0.2, 0.25) is 0 Å². The van der Waals surface area contributed by atoms with Crippen LogP contribution in [0, 0.1) is 6.92 Å². The normalized spacial score (nSPS) is 11.2. The first-order valence-electron chi connectivity index (χ1n) is 11.1. The SMILES string of the molecule is Cc1cc(C(=O)Nc2cccc(C(=O)c3ccc4c(/C=C/c5ccccn5)n[nH]c4c3)c2)cc(Cl)n1. The number of nitrogens with one attached hydrogen (secondary N) is 2. The van der Waals surface area contributed by atoms with Crippen molar-refractivity contribution < 1.29 is 9.59 Å². The maximum Gasteiger partial charge on any atom is 0.255 e. The van der Waals surface area contributed by atoms with Crippen molar-refractivity contribution in [1.82, 2.24) is 20.2 Å². The van der Waals surface area contributed by atoms with Crippen LogP contribution in [0.15, 0.2) is 79.0 Å². The van der Waals surface area contributed by atoms with E-state index >= 15 is 0 Å². The quantitative estimate of drug-likeness (QED) is 0.224. The van der Waals surface area contributed by atoms with Gasteiger partial charge in [0, 0.05) is 39.7 Å². The lowest BCUT2D eigenvalue weighted by atomic mass is 10.0. The van der Waals surface area contributed by atoms with Crippen molar-refractivity contribution in [2.45, 2.75) is 6.92 Å². The highest BCUT2D eigenvalue weighted by molar-refractivity contribution is 6.29. The molecule has 0 saturated carbocycles. The molecule has 5 aromatic rings. The monoisotopic (exact) mass is 493 g/mol. The van der Waals surface area contributed by atoms with Crippen LogP contribution < -0.4 is 5.32 Å². The largest absolute Gasteiger partial charge is 0.322 e. The molecule has 0 unspecified atom stereocenters. The topological polar surface area (TPSA) is 101 Å². The Bertz CT molecular complexity index is 1610. The van der Waals surface area contributed by atoms with Crippen LogP contribution in [-0.2, 0) is 0 Å². The van der Waals surface area contributed by atoms with Crippen LogP contribution in [-0.4, -0.2) is 31.9 Å². The lowest BCUT2D eigenvalue weighted by molar-refractivity contribution is 0.102. The predicted octanol–water partition coefficient (Wildman–Crippen LogP) is 5.97. The van der Waals surface area contributed by atoms with Crippen molar-refractivity contribution >= 4 is 52.0 Å². The number of aromatic amines is 1. The summed E-state index contributed by atoms with van der Waals surface area (Å²) in [7, 11) is 0. The molecule has 2 aromatic carbocycles. The Morgan fingerprint density at radius 2 is 1.78 bits per heavy atom. The number of anilines is 1. The standard InChI is InChI=1S/C28H20ClN5O2/c1-17-13-20(16-26(29)31-17)28(36)32-22-7-4-5-18(14-22)27(35)19-8-10-23-24(33-34-25(23)15-19)11-9-21-6-2-3-12-30-21/h2-16H,1H3,(H,32,36)(H,33,34)/b11-9+. The number of fused-ring (bicyclic) bond motifs is 1. The van der Waals surface area contributed by atoms with Crippen LogP contribution >= 0.6 is 11.6 Å². The molecular weight excluding hydrogens is 474 g/mol. The second-order valence-electron chi connectivity index (χ2n) is 8.14. The summed E-state index contributed by atoms with van der Waals surface area (Å²) in [6, 6.07) is 21.1. The number of carbonyl (C=O) groups is 2. The number of aromatic nitrogens is 4. The minimum absolute atomic E-state index is 0.170. The lowest BCUT2D eigenvalue weighted by Crippen LogP contribution is -2.13. The zero-order chi connectivity index (χ0) is 25.1. The molecule has 0 aliphatic rings. The third-order valence-electron chi connectivity index (χ3n) is 5.52. The molecule has 3 heterocycles. The van der Waals surface area contributed by atoms with Crippen molar-refractivity contribution in [1.29, 1.82) is 0 Å². The van der Waals surface area contributed by atoms with Crippen molar-refractivity contribution in [3.8, 4) is 0 Å². The van der Waals surface area contributed by atoms with Gasteiger partial charge in [0.15, 0.2) is 5.78 Å². The van der Waals surface area contributed by atoms with E-state index in [2.05, 4.69) is 25.5 Å². The van der Waals surface area contributed by atoms with Gasteiger partial charge in [-0.3, -0.25) is 19.7 Å². The lowest BCUT2D eigenvalue weighted by Gasteiger charge is -2.08. The van der Waals surface area contributed by atoms with Crippen molar-refractivity contribution in [2.75, 3.05) is 5.32 Å². The second kappa shape index (κ2) is 9.93. The highest BCUT2D eigenvalue weighted by Gasteiger charge is 2.14. The maximum absolute atomic E-state index is 13.2. The van der Waals surface area contributed by atoms with E-state index in [-0.39, 0.29) is 16.8 Å². The number of rotatable bonds is 6. The van der Waals surface area contributed by atoms with E-state index in [1.807, 2.05) is 36.4 Å². The van der Waals surface area contributed by atoms with Crippen LogP contribution in [0.3, 0.4) is 0 Å². The van der Waals surface area contributed by atoms with E-state index in [4.69, 9.17) is 11.6 Å². The van der Waals surface area contributed by atoms with Gasteiger partial charge in [0.05, 0.1) is 16.9 Å². The average molecular weight is 494 g/mol. The molecule has 0 aliphatic carbocycles. The van der Waals surface area contributed by atoms with Gasteiger partial charge < -0.3 is 5.32 Å². The fraction of sp³-hybridized carbons (Fsp3) is 0.0357. The summed E-state index contributed by atoms with van der Waals surface area (Å²) in [5.74, 6) is -0.506. The van der Waals surface area contributed by atoms with E-state index < -0.39 is 0 Å². The molecule has 5 rings (SSSR count). The van der Waals surface area contributed by atoms with E-state index in [1.165, 1.54) is 6.07 Å². The van der Waals surface area contributed by atoms with Crippen LogP contribution in [0.1, 0.15) is 43.4 Å². The van der Waals surface area contributed by atoms with Gasteiger partial charge >= 0.3 is 0 Å². The number of H-pyrrole nitrogens is 1. The summed E-state index contributed by atoms with van der Waals surface area (Å²) in [6.07, 6.45) is 5.50. The first kappa shape index (κ1) is 23.1. The number of pyridine rings is 2. The van der Waals surface area contributed by atoms with Crippen molar-refractivity contribution in [3.05, 3.63) is 118 Å². The Morgan fingerprint density at radius 3 is 2.58 bits per heavy atom. The molecule has 0 saturated heterocycles. The van der Waals surface area contributed by atoms with Crippen LogP contribution in [0.25, 0.3) is 23.1 Å². The predicted molar refractivity (Wildman–Crippen MR) is 141 cm³/mol. The van der Waals surface area contributed by atoms with Gasteiger partial charge in [-0.25, -0.2) is 4.98 Å². The molecule has 3 aromatic heterocycles. The Hall–Kier alpha value is -4.62. The summed E-state index contributed by atoms with van der Waals surface area (Å²) in [5, 5.41) is 11.3. The molecule has 1 amide bonds. The van der Waals surface area contributed by atoms with Gasteiger partial charge in [0.25, 0.3) is 5.91 Å². The molecule has 0 fully saturated rings. The van der Waals surface area contributed by atoms with E-state index in [9.17, 15) is 9.59 Å². The second-order valence-corrected chi connectivity index (χ2v) is 8.53. The first-order chi connectivity index (χ1) is 17.5. The van der Waals surface area contributed by atoms with Gasteiger partial charge in [-0.15, -0.1) is 0 Å². The summed E-state index contributed by atoms with van der Waals surface area (Å²) < 4.78 is 0. The number of halogens is 1. The fourth-order valence-corrected chi connectivity index (χ4v) is 4.07. The molecule has 8 heteroatoms. The highest BCUT2D eigenvalue weighted by Crippen LogP contribution is 2.22. The number of carbonyl (C=O) groups excluding carboxylic acids is 2. The Balaban J connectivity index is 1.35. The van der Waals surface area contributed by atoms with Gasteiger partial charge in [-0.1, -0.05) is 35.9 Å². The summed E-state index contributed by atoms with van der Waals surface area (Å²) in [6.45, 7) is 1.76. The molecule has 176 valence electrons. The Labute approximate surface area is 211 Å². The molecule has 2 N–H and O–H groups in total. The van der Waals surface area contributed by atoms with Crippen LogP contribution in [0.2, 0.25) is 5.15 Å². The third-order valence-corrected chi connectivity index (χ3v) is 5.71. The number of benzene rings is 2. The van der Waals surface area contributed by atoms with Crippen LogP contribution in [0.4, 0.5) is 5.69 Å². The Kier molecular flexibility index (Phi) is 6.38. The molecule has 0 spiro atoms. The summed E-state index contributed by atoms with van der Waals surface area (Å²) in [4.78, 5) is 34.2. The smallest absolute Gasteiger partial charge is 0.255 e. The summed E-state index contributed by atoms with van der Waals surface area (Å²) in [5.41, 5.74) is 4.82. The van der Waals surface area contributed by atoms with E-state index in [0.29, 0.717) is 28.1 Å².